The summed E-state index contributed by atoms with van der Waals surface area (Å²) in [6, 6.07) is 18.7. The highest BCUT2D eigenvalue weighted by Gasteiger charge is 2.12. The first-order chi connectivity index (χ1) is 9.18. The number of esters is 1. The molecule has 0 N–H and O–H groups in total. The number of carbonyl (C=O) groups is 1. The van der Waals surface area contributed by atoms with E-state index in [1.807, 2.05) is 48.5 Å². The Morgan fingerprint density at radius 1 is 0.947 bits per heavy atom. The maximum atomic E-state index is 12.0. The quantitative estimate of drug-likeness (QED) is 0.476. The molecule has 0 unspecified atom stereocenters. The van der Waals surface area contributed by atoms with Crippen LogP contribution in [-0.4, -0.2) is 5.97 Å². The fraction of sp³-hybridized carbons (Fsp3) is 0.0625. The van der Waals surface area contributed by atoms with Crippen LogP contribution in [0.15, 0.2) is 66.2 Å². The number of ether oxygens (including phenoxy) is 1. The normalized spacial score (nSPS) is 11.7. The lowest BCUT2D eigenvalue weighted by atomic mass is 10.1. The molecule has 0 aliphatic carbocycles. The Balaban J connectivity index is 2.19. The average molecular weight is 317 g/mol. The summed E-state index contributed by atoms with van der Waals surface area (Å²) in [4.78, 5) is 12.0. The van der Waals surface area contributed by atoms with Crippen LogP contribution < -0.4 is 4.74 Å². The van der Waals surface area contributed by atoms with Crippen molar-refractivity contribution in [2.24, 2.45) is 0 Å². The fourth-order valence-corrected chi connectivity index (χ4v) is 1.99. The Morgan fingerprint density at radius 3 is 2.05 bits per heavy atom. The first kappa shape index (κ1) is 13.6. The zero-order valence-electron chi connectivity index (χ0n) is 10.5. The van der Waals surface area contributed by atoms with Crippen molar-refractivity contribution in [1.82, 2.24) is 0 Å². The molecule has 0 aliphatic rings. The number of para-hydroxylation sites is 1. The van der Waals surface area contributed by atoms with Crippen LogP contribution in [0.25, 0.3) is 4.48 Å². The molecule has 0 spiro atoms. The number of benzene rings is 2. The molecule has 0 atom stereocenters. The van der Waals surface area contributed by atoms with Crippen molar-refractivity contribution in [2.45, 2.75) is 6.92 Å². The third kappa shape index (κ3) is 3.55. The molecule has 0 saturated heterocycles. The molecule has 3 heteroatoms. The van der Waals surface area contributed by atoms with Gasteiger partial charge >= 0.3 is 5.97 Å². The van der Waals surface area contributed by atoms with E-state index in [-0.39, 0.29) is 5.97 Å². The predicted octanol–water partition coefficient (Wildman–Crippen LogP) is 4.42. The summed E-state index contributed by atoms with van der Waals surface area (Å²) in [6.45, 7) is 1.74. The van der Waals surface area contributed by atoms with Gasteiger partial charge in [-0.05, 0) is 40.5 Å². The van der Waals surface area contributed by atoms with E-state index in [0.717, 1.165) is 10.0 Å². The van der Waals surface area contributed by atoms with Gasteiger partial charge in [-0.1, -0.05) is 48.5 Å². The SMILES string of the molecule is C/C(C(=O)Oc1ccccc1)=C(/Br)c1ccccc1. The first-order valence-electron chi connectivity index (χ1n) is 5.87. The van der Waals surface area contributed by atoms with Crippen LogP contribution in [0.2, 0.25) is 0 Å². The Morgan fingerprint density at radius 2 is 1.47 bits per heavy atom. The molecule has 0 radical (unpaired) electrons. The van der Waals surface area contributed by atoms with Crippen molar-refractivity contribution in [2.75, 3.05) is 0 Å². The lowest BCUT2D eigenvalue weighted by Crippen LogP contribution is -2.10. The van der Waals surface area contributed by atoms with E-state index in [1.165, 1.54) is 0 Å². The Bertz CT molecular complexity index is 589. The maximum absolute atomic E-state index is 12.0. The van der Waals surface area contributed by atoms with Crippen LogP contribution in [0.5, 0.6) is 5.75 Å². The number of rotatable bonds is 3. The van der Waals surface area contributed by atoms with Crippen molar-refractivity contribution >= 4 is 26.4 Å². The van der Waals surface area contributed by atoms with Crippen LogP contribution in [-0.2, 0) is 4.79 Å². The molecule has 0 fully saturated rings. The zero-order chi connectivity index (χ0) is 13.7. The smallest absolute Gasteiger partial charge is 0.340 e. The van der Waals surface area contributed by atoms with E-state index >= 15 is 0 Å². The van der Waals surface area contributed by atoms with Gasteiger partial charge in [-0.2, -0.15) is 0 Å². The van der Waals surface area contributed by atoms with Crippen molar-refractivity contribution in [1.29, 1.82) is 0 Å². The molecular weight excluding hydrogens is 304 g/mol. The van der Waals surface area contributed by atoms with Crippen LogP contribution >= 0.6 is 15.9 Å². The number of hydrogen-bond donors (Lipinski definition) is 0. The van der Waals surface area contributed by atoms with Crippen molar-refractivity contribution in [3.63, 3.8) is 0 Å². The second-order valence-corrected chi connectivity index (χ2v) is 4.80. The number of hydrogen-bond acceptors (Lipinski definition) is 2. The summed E-state index contributed by atoms with van der Waals surface area (Å²) in [6.07, 6.45) is 0. The van der Waals surface area contributed by atoms with Gasteiger partial charge in [0.1, 0.15) is 5.75 Å². The second kappa shape index (κ2) is 6.34. The van der Waals surface area contributed by atoms with Gasteiger partial charge in [0.05, 0.1) is 0 Å². The molecule has 19 heavy (non-hydrogen) atoms. The second-order valence-electron chi connectivity index (χ2n) is 4.01. The molecule has 0 heterocycles. The van der Waals surface area contributed by atoms with E-state index in [9.17, 15) is 4.79 Å². The minimum Gasteiger partial charge on any atom is -0.423 e. The van der Waals surface area contributed by atoms with Gasteiger partial charge in [-0.3, -0.25) is 0 Å². The topological polar surface area (TPSA) is 26.3 Å². The van der Waals surface area contributed by atoms with Crippen LogP contribution in [0, 0.1) is 0 Å². The lowest BCUT2D eigenvalue weighted by Gasteiger charge is -2.07. The third-order valence-corrected chi connectivity index (χ3v) is 3.67. The minimum absolute atomic E-state index is 0.359. The van der Waals surface area contributed by atoms with E-state index in [0.29, 0.717) is 11.3 Å². The molecule has 0 aliphatic heterocycles. The molecule has 2 nitrogen and oxygen atoms in total. The van der Waals surface area contributed by atoms with Crippen molar-refractivity contribution in [3.8, 4) is 5.75 Å². The van der Waals surface area contributed by atoms with Gasteiger partial charge in [0.15, 0.2) is 0 Å². The lowest BCUT2D eigenvalue weighted by molar-refractivity contribution is -0.130. The highest BCUT2D eigenvalue weighted by molar-refractivity contribution is 9.15. The van der Waals surface area contributed by atoms with Crippen LogP contribution in [0.3, 0.4) is 0 Å². The fourth-order valence-electron chi connectivity index (χ4n) is 1.56. The molecule has 0 amide bonds. The minimum atomic E-state index is -0.359. The summed E-state index contributed by atoms with van der Waals surface area (Å²) in [5.41, 5.74) is 1.49. The molecule has 2 rings (SSSR count). The first-order valence-corrected chi connectivity index (χ1v) is 6.67. The largest absolute Gasteiger partial charge is 0.423 e. The number of halogens is 1. The van der Waals surface area contributed by atoms with Gasteiger partial charge in [-0.25, -0.2) is 4.79 Å². The van der Waals surface area contributed by atoms with Gasteiger partial charge in [0, 0.05) is 10.1 Å². The Kier molecular flexibility index (Phi) is 4.53. The molecule has 0 aromatic heterocycles. The van der Waals surface area contributed by atoms with E-state index in [1.54, 1.807) is 19.1 Å². The van der Waals surface area contributed by atoms with Gasteiger partial charge in [0.25, 0.3) is 0 Å². The van der Waals surface area contributed by atoms with Crippen molar-refractivity contribution in [3.05, 3.63) is 71.8 Å². The number of carbonyl (C=O) groups excluding carboxylic acids is 1. The summed E-state index contributed by atoms with van der Waals surface area (Å²) in [5, 5.41) is 0. The van der Waals surface area contributed by atoms with E-state index in [4.69, 9.17) is 4.74 Å². The molecule has 2 aromatic rings. The molecular formula is C16H13BrO2. The molecule has 2 aromatic carbocycles. The summed E-state index contributed by atoms with van der Waals surface area (Å²) in [5.74, 6) is 0.183. The van der Waals surface area contributed by atoms with Crippen LogP contribution in [0.4, 0.5) is 0 Å². The highest BCUT2D eigenvalue weighted by atomic mass is 79.9. The van der Waals surface area contributed by atoms with E-state index in [2.05, 4.69) is 15.9 Å². The highest BCUT2D eigenvalue weighted by Crippen LogP contribution is 2.26. The summed E-state index contributed by atoms with van der Waals surface area (Å²) >= 11 is 3.44. The van der Waals surface area contributed by atoms with Crippen molar-refractivity contribution < 1.29 is 9.53 Å². The molecule has 96 valence electrons. The molecule has 0 saturated carbocycles. The van der Waals surface area contributed by atoms with Gasteiger partial charge in [0.2, 0.25) is 0 Å². The summed E-state index contributed by atoms with van der Waals surface area (Å²) in [7, 11) is 0. The zero-order valence-corrected chi connectivity index (χ0v) is 12.1. The van der Waals surface area contributed by atoms with E-state index < -0.39 is 0 Å². The average Bonchev–Trinajstić information content (AvgIpc) is 2.47. The summed E-state index contributed by atoms with van der Waals surface area (Å²) < 4.78 is 6.04. The van der Waals surface area contributed by atoms with Crippen LogP contribution in [0.1, 0.15) is 12.5 Å². The maximum Gasteiger partial charge on any atom is 0.340 e. The standard InChI is InChI=1S/C16H13BrO2/c1-12(15(17)13-8-4-2-5-9-13)16(18)19-14-10-6-3-7-11-14/h2-11H,1H3/b15-12-. The Labute approximate surface area is 120 Å². The monoisotopic (exact) mass is 316 g/mol. The Hall–Kier alpha value is -1.87. The molecule has 0 bridgehead atoms. The van der Waals surface area contributed by atoms with Gasteiger partial charge < -0.3 is 4.74 Å². The predicted molar refractivity (Wildman–Crippen MR) is 80.0 cm³/mol. The van der Waals surface area contributed by atoms with Gasteiger partial charge in [-0.15, -0.1) is 0 Å². The third-order valence-electron chi connectivity index (χ3n) is 2.62.